The number of rotatable bonds is 1. The van der Waals surface area contributed by atoms with E-state index >= 15 is 0 Å². The largest absolute Gasteiger partial charge is 0.633 e. The van der Waals surface area contributed by atoms with Crippen LogP contribution < -0.4 is 14.8 Å². The number of aromatic nitrogens is 1. The Bertz CT molecular complexity index is 2330. The molecule has 4 heterocycles. The molecule has 2 aliphatic rings. The maximum Gasteiger partial charge on any atom is 0.633 e. The quantitative estimate of drug-likeness (QED) is 0.202. The summed E-state index contributed by atoms with van der Waals surface area (Å²) < 4.78 is 21.5. The van der Waals surface area contributed by atoms with Crippen LogP contribution in [-0.2, 0) is 0 Å². The Morgan fingerprint density at radius 3 is 1.88 bits per heavy atom. The summed E-state index contributed by atoms with van der Waals surface area (Å²) in [7, 11) is -0.492. The SMILES string of the molecule is c1ccc2c(c1)OB1Oc3ccccc3-c3cc(-n4c5ccccc5c5c6c(ccc54)oc4ccccc46)cc-2c31. The lowest BCUT2D eigenvalue weighted by molar-refractivity contribution is 0.436. The molecule has 0 bridgehead atoms. The fourth-order valence-corrected chi connectivity index (χ4v) is 6.98. The van der Waals surface area contributed by atoms with E-state index < -0.39 is 7.12 Å². The van der Waals surface area contributed by atoms with E-state index in [-0.39, 0.29) is 0 Å². The van der Waals surface area contributed by atoms with Crippen molar-refractivity contribution in [3.8, 4) is 39.4 Å². The minimum absolute atomic E-state index is 0.492. The highest BCUT2D eigenvalue weighted by atomic mass is 16.6. The third-order valence-corrected chi connectivity index (χ3v) is 8.66. The van der Waals surface area contributed by atoms with Crippen LogP contribution in [0.3, 0.4) is 0 Å². The molecular formula is C36H20BNO3. The highest BCUT2D eigenvalue weighted by Crippen LogP contribution is 2.45. The van der Waals surface area contributed by atoms with Gasteiger partial charge in [-0.2, -0.15) is 0 Å². The lowest BCUT2D eigenvalue weighted by Gasteiger charge is -2.32. The summed E-state index contributed by atoms with van der Waals surface area (Å²) in [6.45, 7) is 0. The van der Waals surface area contributed by atoms with E-state index in [1.54, 1.807) is 0 Å². The topological polar surface area (TPSA) is 36.5 Å². The van der Waals surface area contributed by atoms with Crippen LogP contribution in [0.5, 0.6) is 11.5 Å². The minimum atomic E-state index is -0.492. The predicted molar refractivity (Wildman–Crippen MR) is 166 cm³/mol. The second-order valence-electron chi connectivity index (χ2n) is 10.8. The van der Waals surface area contributed by atoms with Gasteiger partial charge in [-0.05, 0) is 59.7 Å². The van der Waals surface area contributed by atoms with Gasteiger partial charge in [0.05, 0.1) is 11.0 Å². The average Bonchev–Trinajstić information content (AvgIpc) is 3.56. The molecule has 5 heteroatoms. The van der Waals surface area contributed by atoms with E-state index in [0.29, 0.717) is 0 Å². The standard InChI is InChI=1S/C36H20BNO3/c1-5-13-28-24(11-1)34-29(17-18-33-35(34)25-12-4-6-14-30(25)39-33)38(28)21-19-26-22-9-2-7-15-31(22)40-37-36(26)27(20-21)23-10-3-8-16-32(23)41-37/h1-20H. The summed E-state index contributed by atoms with van der Waals surface area (Å²) in [6, 6.07) is 42.4. The lowest BCUT2D eigenvalue weighted by atomic mass is 9.66. The third kappa shape index (κ3) is 2.75. The first-order valence-corrected chi connectivity index (χ1v) is 13.9. The van der Waals surface area contributed by atoms with Crippen molar-refractivity contribution in [2.75, 3.05) is 0 Å². The van der Waals surface area contributed by atoms with Crippen LogP contribution in [0.15, 0.2) is 126 Å². The summed E-state index contributed by atoms with van der Waals surface area (Å²) in [6.07, 6.45) is 0. The molecular weight excluding hydrogens is 505 g/mol. The maximum absolute atomic E-state index is 6.41. The number of benzene rings is 6. The number of nitrogens with zero attached hydrogens (tertiary/aromatic N) is 1. The summed E-state index contributed by atoms with van der Waals surface area (Å²) in [5.41, 5.74) is 10.7. The summed E-state index contributed by atoms with van der Waals surface area (Å²) in [5.74, 6) is 1.67. The fraction of sp³-hybridized carbons (Fsp3) is 0. The van der Waals surface area contributed by atoms with Crippen molar-refractivity contribution >= 4 is 56.3 Å². The Hall–Kier alpha value is -5.42. The second kappa shape index (κ2) is 7.61. The molecule has 0 fully saturated rings. The maximum atomic E-state index is 6.41. The van der Waals surface area contributed by atoms with Crippen LogP contribution in [0.2, 0.25) is 0 Å². The molecule has 6 aromatic carbocycles. The number of furan rings is 1. The van der Waals surface area contributed by atoms with Gasteiger partial charge in [0, 0.05) is 43.8 Å². The molecule has 41 heavy (non-hydrogen) atoms. The second-order valence-corrected chi connectivity index (χ2v) is 10.8. The van der Waals surface area contributed by atoms with Gasteiger partial charge in [-0.15, -0.1) is 0 Å². The van der Waals surface area contributed by atoms with Crippen molar-refractivity contribution in [2.45, 2.75) is 0 Å². The zero-order valence-electron chi connectivity index (χ0n) is 21.8. The van der Waals surface area contributed by atoms with Gasteiger partial charge in [-0.25, -0.2) is 0 Å². The van der Waals surface area contributed by atoms with Crippen molar-refractivity contribution in [3.63, 3.8) is 0 Å². The lowest BCUT2D eigenvalue weighted by Crippen LogP contribution is -2.49. The monoisotopic (exact) mass is 525 g/mol. The number of hydrogen-bond donors (Lipinski definition) is 0. The molecule has 190 valence electrons. The normalized spacial score (nSPS) is 13.2. The first kappa shape index (κ1) is 21.4. The van der Waals surface area contributed by atoms with Gasteiger partial charge in [0.1, 0.15) is 22.7 Å². The molecule has 0 amide bonds. The van der Waals surface area contributed by atoms with Crippen LogP contribution in [0.4, 0.5) is 0 Å². The van der Waals surface area contributed by atoms with E-state index in [9.17, 15) is 0 Å². The van der Waals surface area contributed by atoms with Crippen molar-refractivity contribution in [2.24, 2.45) is 0 Å². The van der Waals surface area contributed by atoms with Crippen LogP contribution >= 0.6 is 0 Å². The van der Waals surface area contributed by atoms with Crippen LogP contribution in [0.1, 0.15) is 0 Å². The first-order chi connectivity index (χ1) is 20.3. The first-order valence-electron chi connectivity index (χ1n) is 13.9. The average molecular weight is 525 g/mol. The van der Waals surface area contributed by atoms with Gasteiger partial charge in [0.15, 0.2) is 0 Å². The minimum Gasteiger partial charge on any atom is -0.521 e. The molecule has 0 radical (unpaired) electrons. The molecule has 0 unspecified atom stereocenters. The van der Waals surface area contributed by atoms with Gasteiger partial charge in [0.25, 0.3) is 0 Å². The number of hydrogen-bond acceptors (Lipinski definition) is 3. The highest BCUT2D eigenvalue weighted by molar-refractivity contribution is 6.68. The Morgan fingerprint density at radius 1 is 0.488 bits per heavy atom. The molecule has 0 atom stereocenters. The van der Waals surface area contributed by atoms with Gasteiger partial charge >= 0.3 is 7.12 Å². The Labute approximate surface area is 235 Å². The van der Waals surface area contributed by atoms with Crippen molar-refractivity contribution in [1.82, 2.24) is 4.57 Å². The molecule has 0 spiro atoms. The molecule has 2 aliphatic heterocycles. The van der Waals surface area contributed by atoms with Gasteiger partial charge in [0.2, 0.25) is 0 Å². The fourth-order valence-electron chi connectivity index (χ4n) is 6.98. The Balaban J connectivity index is 1.37. The molecule has 0 aliphatic carbocycles. The van der Waals surface area contributed by atoms with Gasteiger partial charge in [-0.3, -0.25) is 0 Å². The van der Waals surface area contributed by atoms with Gasteiger partial charge in [-0.1, -0.05) is 72.8 Å². The third-order valence-electron chi connectivity index (χ3n) is 8.66. The van der Waals surface area contributed by atoms with Crippen molar-refractivity contribution in [1.29, 1.82) is 0 Å². The predicted octanol–water partition coefficient (Wildman–Crippen LogP) is 8.50. The molecule has 0 N–H and O–H groups in total. The Morgan fingerprint density at radius 2 is 1.12 bits per heavy atom. The van der Waals surface area contributed by atoms with E-state index in [2.05, 4.69) is 89.5 Å². The highest BCUT2D eigenvalue weighted by Gasteiger charge is 2.41. The summed E-state index contributed by atoms with van der Waals surface area (Å²) in [5, 5.41) is 4.71. The van der Waals surface area contributed by atoms with Crippen LogP contribution in [-0.4, -0.2) is 11.7 Å². The number of para-hydroxylation sites is 4. The van der Waals surface area contributed by atoms with E-state index in [4.69, 9.17) is 13.7 Å². The van der Waals surface area contributed by atoms with Crippen molar-refractivity contribution in [3.05, 3.63) is 121 Å². The Kier molecular flexibility index (Phi) is 3.98. The molecule has 0 saturated heterocycles. The summed E-state index contributed by atoms with van der Waals surface area (Å²) in [4.78, 5) is 0. The molecule has 8 aromatic rings. The van der Waals surface area contributed by atoms with E-state index in [0.717, 1.165) is 77.9 Å². The zero-order chi connectivity index (χ0) is 26.7. The molecule has 0 saturated carbocycles. The van der Waals surface area contributed by atoms with E-state index in [1.807, 2.05) is 36.4 Å². The molecule has 4 nitrogen and oxygen atoms in total. The zero-order valence-corrected chi connectivity index (χ0v) is 21.8. The van der Waals surface area contributed by atoms with Gasteiger partial charge < -0.3 is 18.3 Å². The summed E-state index contributed by atoms with van der Waals surface area (Å²) >= 11 is 0. The number of fused-ring (bicyclic) bond motifs is 11. The molecule has 10 rings (SSSR count). The van der Waals surface area contributed by atoms with Crippen LogP contribution in [0.25, 0.3) is 71.7 Å². The van der Waals surface area contributed by atoms with E-state index in [1.165, 1.54) is 10.8 Å². The van der Waals surface area contributed by atoms with Crippen molar-refractivity contribution < 1.29 is 13.7 Å². The van der Waals surface area contributed by atoms with Crippen LogP contribution in [0, 0.1) is 0 Å². The molecule has 2 aromatic heterocycles. The smallest absolute Gasteiger partial charge is 0.521 e.